The molecular weight excluding hydrogens is 257 g/mol. The van der Waals surface area contributed by atoms with Gasteiger partial charge >= 0.3 is 0 Å². The summed E-state index contributed by atoms with van der Waals surface area (Å²) in [6.45, 7) is 10.4. The number of rotatable bonds is 8. The molecule has 4 nitrogen and oxygen atoms in total. The zero-order valence-electron chi connectivity index (χ0n) is 12.6. The van der Waals surface area contributed by atoms with Crippen molar-refractivity contribution in [1.29, 1.82) is 0 Å². The number of pyridine rings is 1. The van der Waals surface area contributed by atoms with E-state index >= 15 is 0 Å². The number of aromatic nitrogens is 1. The van der Waals surface area contributed by atoms with E-state index in [1.54, 1.807) is 4.90 Å². The molecule has 20 heavy (non-hydrogen) atoms. The summed E-state index contributed by atoms with van der Waals surface area (Å²) in [5.74, 6) is -0.813. The Bertz CT molecular complexity index is 421. The second-order valence-corrected chi connectivity index (χ2v) is 4.62. The molecule has 0 fully saturated rings. The zero-order chi connectivity index (χ0) is 15.0. The number of nitrogens with zero attached hydrogens (tertiary/aromatic N) is 3. The van der Waals surface area contributed by atoms with Gasteiger partial charge in [0.15, 0.2) is 5.82 Å². The molecule has 0 aromatic carbocycles. The van der Waals surface area contributed by atoms with Gasteiger partial charge in [-0.25, -0.2) is 4.39 Å². The summed E-state index contributed by atoms with van der Waals surface area (Å²) in [5.41, 5.74) is 0.102. The monoisotopic (exact) mass is 281 g/mol. The Morgan fingerprint density at radius 1 is 1.20 bits per heavy atom. The van der Waals surface area contributed by atoms with E-state index in [1.807, 2.05) is 6.92 Å². The lowest BCUT2D eigenvalue weighted by molar-refractivity contribution is 0.0752. The first-order valence-corrected chi connectivity index (χ1v) is 7.25. The van der Waals surface area contributed by atoms with Crippen LogP contribution in [0.25, 0.3) is 0 Å². The number of hydrogen-bond acceptors (Lipinski definition) is 3. The molecule has 1 heterocycles. The first kappa shape index (κ1) is 16.6. The maximum absolute atomic E-state index is 13.6. The minimum absolute atomic E-state index is 0.102. The molecule has 0 bridgehead atoms. The van der Waals surface area contributed by atoms with Gasteiger partial charge in [-0.05, 0) is 39.0 Å². The molecule has 0 aliphatic carbocycles. The highest BCUT2D eigenvalue weighted by Crippen LogP contribution is 2.09. The highest BCUT2D eigenvalue weighted by Gasteiger charge is 2.17. The van der Waals surface area contributed by atoms with Gasteiger partial charge in [-0.3, -0.25) is 9.78 Å². The molecule has 0 saturated heterocycles. The molecule has 0 unspecified atom stereocenters. The van der Waals surface area contributed by atoms with Crippen LogP contribution in [0.2, 0.25) is 0 Å². The summed E-state index contributed by atoms with van der Waals surface area (Å²) < 4.78 is 13.6. The third kappa shape index (κ3) is 4.56. The molecule has 1 aromatic rings. The number of hydrogen-bond donors (Lipinski definition) is 0. The molecule has 0 aliphatic rings. The Labute approximate surface area is 120 Å². The quantitative estimate of drug-likeness (QED) is 0.734. The maximum Gasteiger partial charge on any atom is 0.256 e. The van der Waals surface area contributed by atoms with Crippen molar-refractivity contribution in [3.05, 3.63) is 29.8 Å². The molecule has 0 saturated carbocycles. The summed E-state index contributed by atoms with van der Waals surface area (Å²) in [6.07, 6.45) is 3.42. The van der Waals surface area contributed by atoms with E-state index in [1.165, 1.54) is 12.3 Å². The van der Waals surface area contributed by atoms with E-state index < -0.39 is 5.82 Å². The van der Waals surface area contributed by atoms with Crippen LogP contribution < -0.4 is 0 Å². The van der Waals surface area contributed by atoms with E-state index in [-0.39, 0.29) is 11.5 Å². The summed E-state index contributed by atoms with van der Waals surface area (Å²) >= 11 is 0. The third-order valence-electron chi connectivity index (χ3n) is 3.47. The molecule has 1 aromatic heterocycles. The normalized spacial score (nSPS) is 10.8. The molecule has 0 aliphatic heterocycles. The standard InChI is InChI=1S/C15H24FN3O/c1-4-18(5-2)10-7-11-19(6-3)15(20)13-8-9-17-12-14(13)16/h8-9,12H,4-7,10-11H2,1-3H3. The summed E-state index contributed by atoms with van der Waals surface area (Å²) in [4.78, 5) is 19.9. The van der Waals surface area contributed by atoms with E-state index in [4.69, 9.17) is 0 Å². The molecule has 1 rings (SSSR count). The lowest BCUT2D eigenvalue weighted by Gasteiger charge is -2.23. The predicted octanol–water partition coefficient (Wildman–Crippen LogP) is 2.41. The molecule has 0 N–H and O–H groups in total. The van der Waals surface area contributed by atoms with Crippen molar-refractivity contribution in [3.8, 4) is 0 Å². The van der Waals surface area contributed by atoms with Gasteiger partial charge in [0.25, 0.3) is 5.91 Å². The SMILES string of the molecule is CCN(CC)CCCN(CC)C(=O)c1ccncc1F. The number of amides is 1. The number of halogens is 1. The molecule has 0 radical (unpaired) electrons. The van der Waals surface area contributed by atoms with Crippen LogP contribution in [-0.2, 0) is 0 Å². The molecule has 112 valence electrons. The Morgan fingerprint density at radius 3 is 2.45 bits per heavy atom. The van der Waals surface area contributed by atoms with Crippen molar-refractivity contribution in [2.24, 2.45) is 0 Å². The van der Waals surface area contributed by atoms with Crippen LogP contribution >= 0.6 is 0 Å². The maximum atomic E-state index is 13.6. The highest BCUT2D eigenvalue weighted by molar-refractivity contribution is 5.94. The topological polar surface area (TPSA) is 36.4 Å². The van der Waals surface area contributed by atoms with Crippen molar-refractivity contribution >= 4 is 5.91 Å². The minimum atomic E-state index is -0.556. The molecular formula is C15H24FN3O. The van der Waals surface area contributed by atoms with Gasteiger partial charge in [-0.1, -0.05) is 13.8 Å². The Morgan fingerprint density at radius 2 is 1.90 bits per heavy atom. The Hall–Kier alpha value is -1.49. The predicted molar refractivity (Wildman–Crippen MR) is 78.2 cm³/mol. The number of carbonyl (C=O) groups excluding carboxylic acids is 1. The third-order valence-corrected chi connectivity index (χ3v) is 3.47. The highest BCUT2D eigenvalue weighted by atomic mass is 19.1. The Kier molecular flexibility index (Phi) is 7.15. The molecule has 1 amide bonds. The van der Waals surface area contributed by atoms with Gasteiger partial charge in [0.2, 0.25) is 0 Å². The number of carbonyl (C=O) groups is 1. The summed E-state index contributed by atoms with van der Waals surface area (Å²) in [6, 6.07) is 1.44. The van der Waals surface area contributed by atoms with Crippen molar-refractivity contribution < 1.29 is 9.18 Å². The van der Waals surface area contributed by atoms with Crippen molar-refractivity contribution in [3.63, 3.8) is 0 Å². The minimum Gasteiger partial charge on any atom is -0.339 e. The lowest BCUT2D eigenvalue weighted by Crippen LogP contribution is -2.34. The summed E-state index contributed by atoms with van der Waals surface area (Å²) in [7, 11) is 0. The van der Waals surface area contributed by atoms with E-state index in [2.05, 4.69) is 23.7 Å². The second kappa shape index (κ2) is 8.64. The van der Waals surface area contributed by atoms with Crippen molar-refractivity contribution in [2.75, 3.05) is 32.7 Å². The fourth-order valence-electron chi connectivity index (χ4n) is 2.15. The Balaban J connectivity index is 2.58. The van der Waals surface area contributed by atoms with E-state index in [9.17, 15) is 9.18 Å². The van der Waals surface area contributed by atoms with Crippen LogP contribution in [0.4, 0.5) is 4.39 Å². The van der Waals surface area contributed by atoms with Crippen LogP contribution in [-0.4, -0.2) is 53.4 Å². The van der Waals surface area contributed by atoms with Crippen LogP contribution in [0.15, 0.2) is 18.5 Å². The van der Waals surface area contributed by atoms with Gasteiger partial charge in [0, 0.05) is 19.3 Å². The fourth-order valence-corrected chi connectivity index (χ4v) is 2.15. The van der Waals surface area contributed by atoms with Gasteiger partial charge in [0.1, 0.15) is 0 Å². The van der Waals surface area contributed by atoms with Crippen LogP contribution in [0.1, 0.15) is 37.6 Å². The fraction of sp³-hybridized carbons (Fsp3) is 0.600. The van der Waals surface area contributed by atoms with E-state index in [0.717, 1.165) is 32.3 Å². The van der Waals surface area contributed by atoms with Gasteiger partial charge < -0.3 is 9.80 Å². The summed E-state index contributed by atoms with van der Waals surface area (Å²) in [5, 5.41) is 0. The molecule has 5 heteroatoms. The lowest BCUT2D eigenvalue weighted by atomic mass is 10.2. The molecule has 0 spiro atoms. The van der Waals surface area contributed by atoms with Crippen LogP contribution in [0, 0.1) is 5.82 Å². The largest absolute Gasteiger partial charge is 0.339 e. The second-order valence-electron chi connectivity index (χ2n) is 4.62. The first-order chi connectivity index (χ1) is 9.63. The van der Waals surface area contributed by atoms with E-state index in [0.29, 0.717) is 13.1 Å². The average molecular weight is 281 g/mol. The zero-order valence-corrected chi connectivity index (χ0v) is 12.6. The van der Waals surface area contributed by atoms with Crippen molar-refractivity contribution in [1.82, 2.24) is 14.8 Å². The average Bonchev–Trinajstić information content (AvgIpc) is 2.47. The van der Waals surface area contributed by atoms with Gasteiger partial charge in [-0.2, -0.15) is 0 Å². The van der Waals surface area contributed by atoms with Crippen molar-refractivity contribution in [2.45, 2.75) is 27.2 Å². The van der Waals surface area contributed by atoms with Crippen LogP contribution in [0.5, 0.6) is 0 Å². The first-order valence-electron chi connectivity index (χ1n) is 7.25. The van der Waals surface area contributed by atoms with Gasteiger partial charge in [0.05, 0.1) is 11.8 Å². The smallest absolute Gasteiger partial charge is 0.256 e. The van der Waals surface area contributed by atoms with Gasteiger partial charge in [-0.15, -0.1) is 0 Å². The van der Waals surface area contributed by atoms with Crippen LogP contribution in [0.3, 0.4) is 0 Å². The molecule has 0 atom stereocenters.